The Bertz CT molecular complexity index is 749. The molecule has 234 valence electrons. The fourth-order valence-corrected chi connectivity index (χ4v) is 3.19. The molecule has 40 heavy (non-hydrogen) atoms. The molecule has 0 spiro atoms. The van der Waals surface area contributed by atoms with Crippen LogP contribution in [0.25, 0.3) is 0 Å². The predicted octanol–water partition coefficient (Wildman–Crippen LogP) is 6.56. The van der Waals surface area contributed by atoms with Crippen molar-refractivity contribution in [1.29, 1.82) is 0 Å². The molecule has 0 fully saturated rings. The van der Waals surface area contributed by atoms with E-state index in [0.717, 1.165) is 12.3 Å². The minimum Gasteiger partial charge on any atom is -0.356 e. The van der Waals surface area contributed by atoms with Gasteiger partial charge in [0.15, 0.2) is 0 Å². The van der Waals surface area contributed by atoms with E-state index in [1.807, 2.05) is 20.8 Å². The fourth-order valence-electron chi connectivity index (χ4n) is 3.19. The first-order chi connectivity index (χ1) is 18.9. The Morgan fingerprint density at radius 3 is 1.93 bits per heavy atom. The first kappa shape index (κ1) is 42.2. The molecule has 3 atom stereocenters. The number of aldehydes is 1. The van der Waals surface area contributed by atoms with Gasteiger partial charge in [0.1, 0.15) is 6.29 Å². The SMILES string of the molecule is CC.CCC(C)C.CCC(C)CNC(=O)C(C)CC(N)CNC(=O)c1cccc(C=O)c1.CCCN(C)CCC. The van der Waals surface area contributed by atoms with Crippen molar-refractivity contribution in [2.45, 2.75) is 107 Å². The Morgan fingerprint density at radius 1 is 0.925 bits per heavy atom. The summed E-state index contributed by atoms with van der Waals surface area (Å²) in [5, 5.41) is 5.67. The van der Waals surface area contributed by atoms with E-state index in [-0.39, 0.29) is 30.3 Å². The van der Waals surface area contributed by atoms with Gasteiger partial charge in [-0.15, -0.1) is 0 Å². The Labute approximate surface area is 247 Å². The highest BCUT2D eigenvalue weighted by Gasteiger charge is 2.18. The zero-order valence-electron chi connectivity index (χ0n) is 27.8. The molecule has 7 nitrogen and oxygen atoms in total. The lowest BCUT2D eigenvalue weighted by Crippen LogP contribution is -2.41. The lowest BCUT2D eigenvalue weighted by molar-refractivity contribution is -0.125. The molecule has 0 aromatic heterocycles. The summed E-state index contributed by atoms with van der Waals surface area (Å²) in [4.78, 5) is 37.2. The quantitative estimate of drug-likeness (QED) is 0.209. The normalized spacial score (nSPS) is 12.3. The summed E-state index contributed by atoms with van der Waals surface area (Å²) in [5.74, 6) is 0.823. The van der Waals surface area contributed by atoms with Crippen LogP contribution in [0.2, 0.25) is 0 Å². The van der Waals surface area contributed by atoms with Crippen LogP contribution in [0.15, 0.2) is 24.3 Å². The van der Waals surface area contributed by atoms with Crippen molar-refractivity contribution < 1.29 is 14.4 Å². The third kappa shape index (κ3) is 24.8. The maximum atomic E-state index is 12.1. The van der Waals surface area contributed by atoms with Crippen molar-refractivity contribution in [1.82, 2.24) is 15.5 Å². The third-order valence-electron chi connectivity index (χ3n) is 6.26. The molecule has 0 saturated carbocycles. The number of hydrogen-bond acceptors (Lipinski definition) is 5. The summed E-state index contributed by atoms with van der Waals surface area (Å²) >= 11 is 0. The van der Waals surface area contributed by atoms with Crippen molar-refractivity contribution in [3.05, 3.63) is 35.4 Å². The van der Waals surface area contributed by atoms with Gasteiger partial charge in [0.25, 0.3) is 5.91 Å². The molecule has 1 aromatic carbocycles. The molecule has 0 aliphatic heterocycles. The van der Waals surface area contributed by atoms with E-state index in [2.05, 4.69) is 71.0 Å². The standard InChI is InChI=1S/C19H29N3O3.C7H17N.C5H12.C2H6/c1-4-13(2)10-21-18(24)14(3)8-17(20)11-22-19(25)16-7-5-6-15(9-16)12-23;1-4-6-8(3)7-5-2;1-4-5(2)3;1-2/h5-7,9,12-14,17H,4,8,10-11,20H2,1-3H3,(H,21,24)(H,22,25);4-7H2,1-3H3;5H,4H2,1-3H3;1-2H3. The minimum atomic E-state index is -0.317. The van der Waals surface area contributed by atoms with Crippen molar-refractivity contribution in [2.75, 3.05) is 33.2 Å². The molecular formula is C33H64N4O3. The molecule has 0 heterocycles. The van der Waals surface area contributed by atoms with Crippen LogP contribution in [-0.2, 0) is 4.79 Å². The fraction of sp³-hybridized carbons (Fsp3) is 0.727. The second-order valence-corrected chi connectivity index (χ2v) is 10.7. The van der Waals surface area contributed by atoms with E-state index in [1.54, 1.807) is 18.2 Å². The summed E-state index contributed by atoms with van der Waals surface area (Å²) < 4.78 is 0. The second kappa shape index (κ2) is 28.3. The molecule has 0 aliphatic carbocycles. The van der Waals surface area contributed by atoms with Gasteiger partial charge in [0.05, 0.1) is 0 Å². The van der Waals surface area contributed by atoms with Gasteiger partial charge >= 0.3 is 0 Å². The van der Waals surface area contributed by atoms with Crippen LogP contribution < -0.4 is 16.4 Å². The van der Waals surface area contributed by atoms with Crippen LogP contribution in [0, 0.1) is 17.8 Å². The largest absolute Gasteiger partial charge is 0.356 e. The van der Waals surface area contributed by atoms with E-state index >= 15 is 0 Å². The van der Waals surface area contributed by atoms with E-state index in [1.165, 1.54) is 38.4 Å². The summed E-state index contributed by atoms with van der Waals surface area (Å²) in [7, 11) is 2.17. The highest BCUT2D eigenvalue weighted by Crippen LogP contribution is 2.07. The van der Waals surface area contributed by atoms with Crippen molar-refractivity contribution in [2.24, 2.45) is 23.5 Å². The summed E-state index contributed by atoms with van der Waals surface area (Å²) in [5.41, 5.74) is 6.89. The van der Waals surface area contributed by atoms with E-state index in [4.69, 9.17) is 5.73 Å². The van der Waals surface area contributed by atoms with Gasteiger partial charge in [-0.05, 0) is 63.4 Å². The van der Waals surface area contributed by atoms with Gasteiger partial charge in [-0.25, -0.2) is 0 Å². The molecule has 4 N–H and O–H groups in total. The van der Waals surface area contributed by atoms with Gasteiger partial charge in [-0.1, -0.05) is 94.2 Å². The Kier molecular flexibility index (Phi) is 29.9. The van der Waals surface area contributed by atoms with Crippen LogP contribution in [0.1, 0.15) is 122 Å². The van der Waals surface area contributed by atoms with Gasteiger partial charge in [-0.3, -0.25) is 14.4 Å². The Hall–Kier alpha value is -2.25. The van der Waals surface area contributed by atoms with Crippen LogP contribution >= 0.6 is 0 Å². The molecule has 3 unspecified atom stereocenters. The second-order valence-electron chi connectivity index (χ2n) is 10.7. The van der Waals surface area contributed by atoms with Gasteiger partial charge in [0.2, 0.25) is 5.91 Å². The molecule has 0 radical (unpaired) electrons. The number of rotatable bonds is 15. The molecular weight excluding hydrogens is 500 g/mol. The predicted molar refractivity (Wildman–Crippen MR) is 173 cm³/mol. The molecule has 1 rings (SSSR count). The number of nitrogens with one attached hydrogen (secondary N) is 2. The third-order valence-corrected chi connectivity index (χ3v) is 6.26. The zero-order chi connectivity index (χ0) is 31.5. The molecule has 0 aliphatic rings. The van der Waals surface area contributed by atoms with Crippen LogP contribution in [0.3, 0.4) is 0 Å². The van der Waals surface area contributed by atoms with E-state index < -0.39 is 0 Å². The van der Waals surface area contributed by atoms with Gasteiger partial charge < -0.3 is 21.3 Å². The number of nitrogens with zero attached hydrogens (tertiary/aromatic N) is 1. The average Bonchev–Trinajstić information content (AvgIpc) is 2.96. The molecule has 2 amide bonds. The molecule has 0 saturated heterocycles. The number of nitrogens with two attached hydrogens (primary N) is 1. The number of carbonyl (C=O) groups is 3. The highest BCUT2D eigenvalue weighted by atomic mass is 16.2. The first-order valence-corrected chi connectivity index (χ1v) is 15.5. The zero-order valence-corrected chi connectivity index (χ0v) is 27.8. The average molecular weight is 565 g/mol. The Morgan fingerprint density at radius 2 is 1.48 bits per heavy atom. The molecule has 7 heteroatoms. The maximum Gasteiger partial charge on any atom is 0.251 e. The minimum absolute atomic E-state index is 0.0132. The van der Waals surface area contributed by atoms with Gasteiger partial charge in [-0.2, -0.15) is 0 Å². The van der Waals surface area contributed by atoms with Crippen molar-refractivity contribution >= 4 is 18.1 Å². The van der Waals surface area contributed by atoms with Crippen LogP contribution in [0.5, 0.6) is 0 Å². The van der Waals surface area contributed by atoms with Crippen LogP contribution in [0.4, 0.5) is 0 Å². The van der Waals surface area contributed by atoms with Gasteiger partial charge in [0, 0.05) is 36.2 Å². The highest BCUT2D eigenvalue weighted by molar-refractivity contribution is 5.95. The number of carbonyl (C=O) groups excluding carboxylic acids is 3. The molecule has 1 aromatic rings. The first-order valence-electron chi connectivity index (χ1n) is 15.5. The number of benzene rings is 1. The van der Waals surface area contributed by atoms with Crippen LogP contribution in [-0.4, -0.2) is 62.3 Å². The topological polar surface area (TPSA) is 105 Å². The maximum absolute atomic E-state index is 12.1. The Balaban J connectivity index is -0.000000750. The molecule has 0 bridgehead atoms. The van der Waals surface area contributed by atoms with E-state index in [9.17, 15) is 14.4 Å². The smallest absolute Gasteiger partial charge is 0.251 e. The summed E-state index contributed by atoms with van der Waals surface area (Å²) in [6.07, 6.45) is 6.06. The lowest BCUT2D eigenvalue weighted by Gasteiger charge is -2.19. The number of amides is 2. The summed E-state index contributed by atoms with van der Waals surface area (Å²) in [6.45, 7) is 24.5. The van der Waals surface area contributed by atoms with Crippen molar-refractivity contribution in [3.8, 4) is 0 Å². The van der Waals surface area contributed by atoms with Crippen molar-refractivity contribution in [3.63, 3.8) is 0 Å². The monoisotopic (exact) mass is 564 g/mol. The number of hydrogen-bond donors (Lipinski definition) is 3. The van der Waals surface area contributed by atoms with E-state index in [0.29, 0.717) is 36.3 Å². The summed E-state index contributed by atoms with van der Waals surface area (Å²) in [6, 6.07) is 6.14. The lowest BCUT2D eigenvalue weighted by atomic mass is 10.0.